The summed E-state index contributed by atoms with van der Waals surface area (Å²) in [6, 6.07) is 1.25. The molecular formula is C18H34N2O2. The Hall–Kier alpha value is -0.160. The first-order valence-corrected chi connectivity index (χ1v) is 9.43. The molecule has 4 N–H and O–H groups in total. The number of nitrogens with one attached hydrogen (secondary N) is 2. The molecule has 4 atom stereocenters. The van der Waals surface area contributed by atoms with Gasteiger partial charge in [-0.3, -0.25) is 0 Å². The van der Waals surface area contributed by atoms with E-state index in [2.05, 4.69) is 10.6 Å². The number of rotatable bonds is 2. The zero-order valence-corrected chi connectivity index (χ0v) is 13.9. The Morgan fingerprint density at radius 2 is 1.09 bits per heavy atom. The summed E-state index contributed by atoms with van der Waals surface area (Å²) in [5.74, 6) is 0. The lowest BCUT2D eigenvalue weighted by Crippen LogP contribution is -2.48. The number of hydrogen-bond acceptors (Lipinski definition) is 4. The predicted octanol–water partition coefficient (Wildman–Crippen LogP) is 1.80. The van der Waals surface area contributed by atoms with Gasteiger partial charge in [-0.15, -0.1) is 0 Å². The van der Waals surface area contributed by atoms with Crippen molar-refractivity contribution in [3.8, 4) is 0 Å². The van der Waals surface area contributed by atoms with Crippen molar-refractivity contribution < 1.29 is 10.2 Å². The van der Waals surface area contributed by atoms with Crippen LogP contribution in [0.2, 0.25) is 0 Å². The molecule has 2 saturated heterocycles. The van der Waals surface area contributed by atoms with Crippen LogP contribution < -0.4 is 10.6 Å². The van der Waals surface area contributed by atoms with Crippen molar-refractivity contribution in [2.24, 2.45) is 10.8 Å². The molecule has 0 spiro atoms. The smallest absolute Gasteiger partial charge is 0.0502 e. The van der Waals surface area contributed by atoms with E-state index in [4.69, 9.17) is 0 Å². The highest BCUT2D eigenvalue weighted by Gasteiger charge is 2.44. The lowest BCUT2D eigenvalue weighted by atomic mass is 9.77. The summed E-state index contributed by atoms with van der Waals surface area (Å²) in [6.45, 7) is 3.11. The molecule has 4 rings (SSSR count). The van der Waals surface area contributed by atoms with E-state index in [1.807, 2.05) is 0 Å². The fraction of sp³-hybridized carbons (Fsp3) is 1.00. The van der Waals surface area contributed by atoms with Gasteiger partial charge in [0.05, 0.1) is 13.2 Å². The summed E-state index contributed by atoms with van der Waals surface area (Å²) < 4.78 is 0. The SMILES string of the molecule is OC[C@@]12CCCN[C@@H]1CCC2.OC[C@]12CCCN[C@H]1CCC2. The highest BCUT2D eigenvalue weighted by atomic mass is 16.3. The predicted molar refractivity (Wildman–Crippen MR) is 88.8 cm³/mol. The second kappa shape index (κ2) is 7.16. The first-order valence-electron chi connectivity index (χ1n) is 9.43. The van der Waals surface area contributed by atoms with Crippen molar-refractivity contribution in [2.45, 2.75) is 76.3 Å². The molecule has 0 aromatic heterocycles. The lowest BCUT2D eigenvalue weighted by molar-refractivity contribution is 0.0716. The fourth-order valence-corrected chi connectivity index (χ4v) is 5.48. The van der Waals surface area contributed by atoms with E-state index >= 15 is 0 Å². The number of piperidine rings is 2. The van der Waals surface area contributed by atoms with E-state index < -0.39 is 0 Å². The zero-order valence-electron chi connectivity index (χ0n) is 13.9. The summed E-state index contributed by atoms with van der Waals surface area (Å²) in [4.78, 5) is 0. The summed E-state index contributed by atoms with van der Waals surface area (Å²) in [6.07, 6.45) is 12.6. The third-order valence-corrected chi connectivity index (χ3v) is 6.93. The standard InChI is InChI=1S/2C9H17NO/c2*11-7-9-4-1-3-8(9)10-6-2-5-9/h2*8,10-11H,1-7H2/t2*8-,9-/m10/s1. The monoisotopic (exact) mass is 310 g/mol. The average molecular weight is 310 g/mol. The molecule has 2 aliphatic carbocycles. The maximum Gasteiger partial charge on any atom is 0.0502 e. The maximum absolute atomic E-state index is 9.31. The third-order valence-electron chi connectivity index (χ3n) is 6.93. The maximum atomic E-state index is 9.31. The second-order valence-corrected chi connectivity index (χ2v) is 8.05. The average Bonchev–Trinajstić information content (AvgIpc) is 3.20. The van der Waals surface area contributed by atoms with Crippen LogP contribution in [0.3, 0.4) is 0 Å². The number of fused-ring (bicyclic) bond motifs is 2. The molecule has 2 heterocycles. The molecule has 4 aliphatic rings. The Labute approximate surface area is 135 Å². The normalized spacial score (nSPS) is 43.9. The van der Waals surface area contributed by atoms with Crippen LogP contribution in [-0.2, 0) is 0 Å². The van der Waals surface area contributed by atoms with Gasteiger partial charge >= 0.3 is 0 Å². The van der Waals surface area contributed by atoms with Gasteiger partial charge in [0.1, 0.15) is 0 Å². The van der Waals surface area contributed by atoms with Crippen LogP contribution in [0, 0.1) is 10.8 Å². The molecule has 2 saturated carbocycles. The first-order chi connectivity index (χ1) is 10.7. The molecule has 22 heavy (non-hydrogen) atoms. The van der Waals surface area contributed by atoms with Crippen LogP contribution in [0.15, 0.2) is 0 Å². The van der Waals surface area contributed by atoms with Gasteiger partial charge in [-0.05, 0) is 64.5 Å². The van der Waals surface area contributed by atoms with E-state index in [9.17, 15) is 10.2 Å². The van der Waals surface area contributed by atoms with Crippen molar-refractivity contribution in [2.75, 3.05) is 26.3 Å². The number of aliphatic hydroxyl groups excluding tert-OH is 2. The van der Waals surface area contributed by atoms with Gasteiger partial charge < -0.3 is 20.8 Å². The minimum Gasteiger partial charge on any atom is -0.396 e. The third kappa shape index (κ3) is 3.08. The summed E-state index contributed by atoms with van der Waals surface area (Å²) in [5.41, 5.74) is 0.552. The van der Waals surface area contributed by atoms with Gasteiger partial charge in [0.25, 0.3) is 0 Å². The van der Waals surface area contributed by atoms with Crippen molar-refractivity contribution in [3.63, 3.8) is 0 Å². The highest BCUT2D eigenvalue weighted by Crippen LogP contribution is 2.44. The zero-order chi connectivity index (χ0) is 15.5. The van der Waals surface area contributed by atoms with Crippen molar-refractivity contribution in [1.29, 1.82) is 0 Å². The molecule has 4 fully saturated rings. The Morgan fingerprint density at radius 1 is 0.682 bits per heavy atom. The summed E-state index contributed by atoms with van der Waals surface area (Å²) in [5, 5.41) is 25.6. The molecule has 0 aromatic carbocycles. The molecule has 0 aromatic rings. The molecule has 0 radical (unpaired) electrons. The molecule has 2 aliphatic heterocycles. The number of aliphatic hydroxyl groups is 2. The lowest BCUT2D eigenvalue weighted by Gasteiger charge is -2.38. The molecule has 0 amide bonds. The number of hydrogen-bond donors (Lipinski definition) is 4. The topological polar surface area (TPSA) is 64.5 Å². The van der Waals surface area contributed by atoms with Gasteiger partial charge in [0.2, 0.25) is 0 Å². The molecule has 4 nitrogen and oxygen atoms in total. The van der Waals surface area contributed by atoms with Crippen LogP contribution >= 0.6 is 0 Å². The van der Waals surface area contributed by atoms with E-state index in [-0.39, 0.29) is 10.8 Å². The van der Waals surface area contributed by atoms with Gasteiger partial charge in [-0.1, -0.05) is 12.8 Å². The highest BCUT2D eigenvalue weighted by molar-refractivity contribution is 4.99. The summed E-state index contributed by atoms with van der Waals surface area (Å²) in [7, 11) is 0. The van der Waals surface area contributed by atoms with Crippen molar-refractivity contribution in [3.05, 3.63) is 0 Å². The minimum absolute atomic E-state index is 0.276. The van der Waals surface area contributed by atoms with Gasteiger partial charge in [-0.25, -0.2) is 0 Å². The quantitative estimate of drug-likeness (QED) is 0.628. The molecule has 128 valence electrons. The van der Waals surface area contributed by atoms with Crippen molar-refractivity contribution >= 4 is 0 Å². The Balaban J connectivity index is 0.000000131. The van der Waals surface area contributed by atoms with Crippen LogP contribution in [-0.4, -0.2) is 48.6 Å². The minimum atomic E-state index is 0.276. The van der Waals surface area contributed by atoms with Crippen LogP contribution in [0.5, 0.6) is 0 Å². The Kier molecular flexibility index (Phi) is 5.43. The van der Waals surface area contributed by atoms with Gasteiger partial charge in [-0.2, -0.15) is 0 Å². The van der Waals surface area contributed by atoms with Crippen molar-refractivity contribution in [1.82, 2.24) is 10.6 Å². The largest absolute Gasteiger partial charge is 0.396 e. The fourth-order valence-electron chi connectivity index (χ4n) is 5.48. The molecule has 0 unspecified atom stereocenters. The van der Waals surface area contributed by atoms with Gasteiger partial charge in [0, 0.05) is 22.9 Å². The van der Waals surface area contributed by atoms with E-state index in [0.29, 0.717) is 25.3 Å². The first kappa shape index (κ1) is 16.7. The molecule has 4 heteroatoms. The van der Waals surface area contributed by atoms with Crippen LogP contribution in [0.1, 0.15) is 64.2 Å². The Morgan fingerprint density at radius 3 is 1.45 bits per heavy atom. The van der Waals surface area contributed by atoms with Crippen LogP contribution in [0.25, 0.3) is 0 Å². The van der Waals surface area contributed by atoms with Crippen LogP contribution in [0.4, 0.5) is 0 Å². The second-order valence-electron chi connectivity index (χ2n) is 8.05. The van der Waals surface area contributed by atoms with Gasteiger partial charge in [0.15, 0.2) is 0 Å². The van der Waals surface area contributed by atoms with E-state index in [0.717, 1.165) is 13.1 Å². The molecule has 0 bridgehead atoms. The van der Waals surface area contributed by atoms with E-state index in [1.165, 1.54) is 64.2 Å². The molecular weight excluding hydrogens is 276 g/mol. The van der Waals surface area contributed by atoms with E-state index in [1.54, 1.807) is 0 Å². The Bertz CT molecular complexity index is 331. The summed E-state index contributed by atoms with van der Waals surface area (Å²) >= 11 is 0.